The van der Waals surface area contributed by atoms with Gasteiger partial charge in [0.05, 0.1) is 6.54 Å². The third kappa shape index (κ3) is 3.19. The Morgan fingerprint density at radius 3 is 2.79 bits per heavy atom. The number of hydrogen-bond donors (Lipinski definition) is 1. The molecule has 0 aliphatic carbocycles. The molecule has 1 N–H and O–H groups in total. The van der Waals surface area contributed by atoms with Crippen LogP contribution in [0.2, 0.25) is 0 Å². The van der Waals surface area contributed by atoms with E-state index >= 15 is 0 Å². The summed E-state index contributed by atoms with van der Waals surface area (Å²) in [6.45, 7) is 0.756. The number of hydrogen-bond acceptors (Lipinski definition) is 3. The van der Waals surface area contributed by atoms with Gasteiger partial charge in [0.25, 0.3) is 0 Å². The Labute approximate surface area is 116 Å². The Hall–Kier alpha value is -1.26. The lowest BCUT2D eigenvalue weighted by Crippen LogP contribution is -2.27. The zero-order valence-corrected chi connectivity index (χ0v) is 11.4. The fourth-order valence-corrected chi connectivity index (χ4v) is 3.37. The first kappa shape index (κ1) is 12.8. The molecule has 2 aromatic rings. The maximum Gasteiger partial charge on any atom is 0.134 e. The van der Waals surface area contributed by atoms with Gasteiger partial charge in [-0.3, -0.25) is 0 Å². The van der Waals surface area contributed by atoms with Gasteiger partial charge >= 0.3 is 0 Å². The molecule has 1 aromatic carbocycles. The number of benzene rings is 1. The van der Waals surface area contributed by atoms with Crippen LogP contribution < -0.4 is 5.32 Å². The lowest BCUT2D eigenvalue weighted by Gasteiger charge is -2.08. The van der Waals surface area contributed by atoms with Crippen LogP contribution in [-0.4, -0.2) is 17.5 Å². The Morgan fingerprint density at radius 2 is 2.05 bits per heavy atom. The maximum atomic E-state index is 12.9. The molecule has 100 valence electrons. The summed E-state index contributed by atoms with van der Waals surface area (Å²) in [5, 5.41) is 3.50. The summed E-state index contributed by atoms with van der Waals surface area (Å²) in [5.41, 5.74) is 0.907. The molecule has 2 heterocycles. The van der Waals surface area contributed by atoms with E-state index in [1.165, 1.54) is 30.1 Å². The van der Waals surface area contributed by atoms with Crippen LogP contribution in [0.5, 0.6) is 0 Å². The summed E-state index contributed by atoms with van der Waals surface area (Å²) in [6.07, 6.45) is 1.23. The van der Waals surface area contributed by atoms with E-state index in [0.717, 1.165) is 23.6 Å². The Balaban J connectivity index is 1.63. The van der Waals surface area contributed by atoms with Crippen molar-refractivity contribution in [2.75, 3.05) is 11.5 Å². The predicted molar refractivity (Wildman–Crippen MR) is 76.7 cm³/mol. The van der Waals surface area contributed by atoms with E-state index in [-0.39, 0.29) is 5.82 Å². The van der Waals surface area contributed by atoms with Crippen molar-refractivity contribution in [1.82, 2.24) is 5.32 Å². The largest absolute Gasteiger partial charge is 0.460 e. The van der Waals surface area contributed by atoms with Crippen LogP contribution in [0, 0.1) is 5.82 Å². The smallest absolute Gasteiger partial charge is 0.134 e. The fraction of sp³-hybridized carbons (Fsp3) is 0.333. The molecular weight excluding hydrogens is 261 g/mol. The monoisotopic (exact) mass is 277 g/mol. The molecule has 1 atom stereocenters. The molecule has 4 heteroatoms. The summed E-state index contributed by atoms with van der Waals surface area (Å²) in [5.74, 6) is 3.92. The molecule has 0 amide bonds. The molecule has 1 aliphatic rings. The van der Waals surface area contributed by atoms with Crippen LogP contribution >= 0.6 is 11.8 Å². The molecule has 0 spiro atoms. The van der Waals surface area contributed by atoms with E-state index in [9.17, 15) is 4.39 Å². The Morgan fingerprint density at radius 1 is 1.21 bits per heavy atom. The highest BCUT2D eigenvalue weighted by Crippen LogP contribution is 2.23. The predicted octanol–water partition coefficient (Wildman–Crippen LogP) is 3.68. The van der Waals surface area contributed by atoms with Crippen molar-refractivity contribution in [2.45, 2.75) is 19.0 Å². The van der Waals surface area contributed by atoms with Crippen molar-refractivity contribution in [2.24, 2.45) is 0 Å². The molecule has 2 nitrogen and oxygen atoms in total. The number of thioether (sulfide) groups is 1. The van der Waals surface area contributed by atoms with Crippen LogP contribution in [0.1, 0.15) is 12.2 Å². The van der Waals surface area contributed by atoms with Crippen molar-refractivity contribution < 1.29 is 8.81 Å². The summed E-state index contributed by atoms with van der Waals surface area (Å²) in [7, 11) is 0. The van der Waals surface area contributed by atoms with E-state index in [0.29, 0.717) is 6.04 Å². The van der Waals surface area contributed by atoms with Crippen LogP contribution in [-0.2, 0) is 6.54 Å². The maximum absolute atomic E-state index is 12.9. The molecule has 3 rings (SSSR count). The summed E-state index contributed by atoms with van der Waals surface area (Å²) < 4.78 is 18.6. The second kappa shape index (κ2) is 5.80. The van der Waals surface area contributed by atoms with Gasteiger partial charge in [0.15, 0.2) is 0 Å². The average Bonchev–Trinajstić information content (AvgIpc) is 3.09. The van der Waals surface area contributed by atoms with Crippen LogP contribution in [0.25, 0.3) is 11.3 Å². The molecule has 1 fully saturated rings. The van der Waals surface area contributed by atoms with E-state index in [2.05, 4.69) is 5.32 Å². The zero-order valence-electron chi connectivity index (χ0n) is 10.6. The van der Waals surface area contributed by atoms with Crippen LogP contribution in [0.4, 0.5) is 4.39 Å². The third-order valence-corrected chi connectivity index (χ3v) is 4.45. The first-order valence-corrected chi connectivity index (χ1v) is 7.62. The SMILES string of the molecule is Fc1ccc(-c2ccc(CNC3CCSC3)o2)cc1. The van der Waals surface area contributed by atoms with Crippen LogP contribution in [0.15, 0.2) is 40.8 Å². The van der Waals surface area contributed by atoms with Gasteiger partial charge in [-0.25, -0.2) is 4.39 Å². The molecule has 0 bridgehead atoms. The fourth-order valence-electron chi connectivity index (χ4n) is 2.18. The molecule has 1 aliphatic heterocycles. The van der Waals surface area contributed by atoms with Gasteiger partial charge in [-0.05, 0) is 48.6 Å². The first-order chi connectivity index (χ1) is 9.31. The highest BCUT2D eigenvalue weighted by atomic mass is 32.2. The van der Waals surface area contributed by atoms with Crippen molar-refractivity contribution >= 4 is 11.8 Å². The van der Waals surface area contributed by atoms with Gasteiger partial charge in [-0.2, -0.15) is 11.8 Å². The lowest BCUT2D eigenvalue weighted by atomic mass is 10.2. The highest BCUT2D eigenvalue weighted by Gasteiger charge is 2.15. The van der Waals surface area contributed by atoms with E-state index < -0.39 is 0 Å². The van der Waals surface area contributed by atoms with Crippen molar-refractivity contribution in [3.63, 3.8) is 0 Å². The van der Waals surface area contributed by atoms with E-state index in [1.54, 1.807) is 12.1 Å². The van der Waals surface area contributed by atoms with Crippen LogP contribution in [0.3, 0.4) is 0 Å². The molecule has 1 aromatic heterocycles. The Kier molecular flexibility index (Phi) is 3.89. The summed E-state index contributed by atoms with van der Waals surface area (Å²) >= 11 is 1.99. The minimum Gasteiger partial charge on any atom is -0.460 e. The molecule has 1 unspecified atom stereocenters. The quantitative estimate of drug-likeness (QED) is 0.923. The standard InChI is InChI=1S/C15H16FNOS/c16-12-3-1-11(2-4-12)15-6-5-14(18-15)9-17-13-7-8-19-10-13/h1-6,13,17H,7-10H2. The molecular formula is C15H16FNOS. The van der Waals surface area contributed by atoms with E-state index in [1.807, 2.05) is 23.9 Å². The highest BCUT2D eigenvalue weighted by molar-refractivity contribution is 7.99. The Bertz CT molecular complexity index is 531. The van der Waals surface area contributed by atoms with Gasteiger partial charge in [-0.15, -0.1) is 0 Å². The van der Waals surface area contributed by atoms with Crippen molar-refractivity contribution in [3.05, 3.63) is 48.0 Å². The molecule has 0 saturated carbocycles. The van der Waals surface area contributed by atoms with Gasteiger partial charge in [0.2, 0.25) is 0 Å². The summed E-state index contributed by atoms with van der Waals surface area (Å²) in [4.78, 5) is 0. The van der Waals surface area contributed by atoms with E-state index in [4.69, 9.17) is 4.42 Å². The minimum atomic E-state index is -0.226. The van der Waals surface area contributed by atoms with Gasteiger partial charge in [-0.1, -0.05) is 0 Å². The third-order valence-electron chi connectivity index (χ3n) is 3.29. The summed E-state index contributed by atoms with van der Waals surface area (Å²) in [6, 6.07) is 10.9. The van der Waals surface area contributed by atoms with Gasteiger partial charge < -0.3 is 9.73 Å². The second-order valence-corrected chi connectivity index (χ2v) is 5.86. The van der Waals surface area contributed by atoms with Crippen molar-refractivity contribution in [1.29, 1.82) is 0 Å². The first-order valence-electron chi connectivity index (χ1n) is 6.47. The zero-order chi connectivity index (χ0) is 13.1. The topological polar surface area (TPSA) is 25.2 Å². The van der Waals surface area contributed by atoms with Gasteiger partial charge in [0, 0.05) is 17.4 Å². The van der Waals surface area contributed by atoms with Gasteiger partial charge in [0.1, 0.15) is 17.3 Å². The molecule has 0 radical (unpaired) electrons. The molecule has 19 heavy (non-hydrogen) atoms. The number of nitrogens with one attached hydrogen (secondary N) is 1. The normalized spacial score (nSPS) is 18.9. The number of furan rings is 1. The average molecular weight is 277 g/mol. The minimum absolute atomic E-state index is 0.226. The second-order valence-electron chi connectivity index (χ2n) is 4.71. The number of rotatable bonds is 4. The lowest BCUT2D eigenvalue weighted by molar-refractivity contribution is 0.465. The number of halogens is 1. The molecule has 1 saturated heterocycles. The van der Waals surface area contributed by atoms with Crippen molar-refractivity contribution in [3.8, 4) is 11.3 Å².